The molecule has 0 spiro atoms. The number of hydrogen-bond donors (Lipinski definition) is 1. The zero-order valence-corrected chi connectivity index (χ0v) is 9.10. The average Bonchev–Trinajstić information content (AvgIpc) is 2.13. The molecule has 0 rings (SSSR count). The number of nitrogens with one attached hydrogen (secondary N) is 1. The second-order valence-corrected chi connectivity index (χ2v) is 1.46. The molecule has 0 aliphatic heterocycles. The van der Waals surface area contributed by atoms with Crippen LogP contribution < -0.4 is 5.32 Å². The van der Waals surface area contributed by atoms with Gasteiger partial charge in [-0.1, -0.05) is 0 Å². The molecule has 0 aromatic rings. The summed E-state index contributed by atoms with van der Waals surface area (Å²) in [6, 6.07) is 0. The van der Waals surface area contributed by atoms with Crippen molar-refractivity contribution in [3.8, 4) is 0 Å². The maximum atomic E-state index is 7.75. The van der Waals surface area contributed by atoms with Crippen LogP contribution in [0, 0.1) is 13.8 Å². The maximum absolute atomic E-state index is 7.75. The average molecular weight is 266 g/mol. The van der Waals surface area contributed by atoms with Gasteiger partial charge < -0.3 is 24.0 Å². The van der Waals surface area contributed by atoms with Crippen molar-refractivity contribution in [2.75, 3.05) is 13.1 Å². The third kappa shape index (κ3) is 37.3. The van der Waals surface area contributed by atoms with Gasteiger partial charge in [0.05, 0.1) is 0 Å². The fraction of sp³-hybridized carbons (Fsp3) is 0.571. The van der Waals surface area contributed by atoms with Gasteiger partial charge in [0.25, 0.3) is 0 Å². The first kappa shape index (κ1) is 17.6. The molecule has 0 saturated carbocycles. The molecule has 0 amide bonds. The van der Waals surface area contributed by atoms with Crippen LogP contribution >= 0.6 is 9.69 Å². The van der Waals surface area contributed by atoms with E-state index in [1.54, 1.807) is 17.3 Å². The van der Waals surface area contributed by atoms with Crippen LogP contribution in [0.4, 0.5) is 0 Å². The Hall–Kier alpha value is 0.543. The van der Waals surface area contributed by atoms with Crippen molar-refractivity contribution < 1.29 is 22.1 Å². The molecule has 0 aliphatic rings. The van der Waals surface area contributed by atoms with Crippen molar-refractivity contribution in [1.29, 1.82) is 0 Å². The third-order valence-electron chi connectivity index (χ3n) is 0.707. The summed E-state index contributed by atoms with van der Waals surface area (Å²) in [6.07, 6.45) is 1.94. The second kappa shape index (κ2) is 31.2. The normalized spacial score (nSPS) is 7.00. The first-order valence-corrected chi connectivity index (χ1v) is 5.48. The van der Waals surface area contributed by atoms with Gasteiger partial charge in [0.1, 0.15) is 0 Å². The molecule has 0 fully saturated rings. The monoisotopic (exact) mass is 266 g/mol. The molecule has 2 nitrogen and oxygen atoms in total. The molecule has 0 saturated heterocycles. The summed E-state index contributed by atoms with van der Waals surface area (Å²) in [6.45, 7) is 12.6. The minimum absolute atomic E-state index is 0.972. The first-order valence-electron chi connectivity index (χ1n) is 3.09. The molecule has 0 unspecified atom stereocenters. The van der Waals surface area contributed by atoms with Gasteiger partial charge in [0, 0.05) is 0 Å². The summed E-state index contributed by atoms with van der Waals surface area (Å²) < 4.78 is 0. The van der Waals surface area contributed by atoms with Gasteiger partial charge in [-0.3, -0.25) is 6.79 Å². The third-order valence-corrected chi connectivity index (χ3v) is 0.707. The van der Waals surface area contributed by atoms with Crippen LogP contribution in [0.15, 0.2) is 0 Å². The van der Waals surface area contributed by atoms with Crippen LogP contribution in [0.5, 0.6) is 0 Å². The van der Waals surface area contributed by atoms with Crippen LogP contribution in [0.25, 0.3) is 0 Å². The van der Waals surface area contributed by atoms with Gasteiger partial charge in [-0.2, -0.15) is 12.8 Å². The van der Waals surface area contributed by atoms with Gasteiger partial charge in [-0.05, 0) is 13.1 Å². The van der Waals surface area contributed by atoms with E-state index in [1.807, 2.05) is 0 Å². The van der Waals surface area contributed by atoms with E-state index in [2.05, 4.69) is 35.6 Å². The zero-order chi connectivity index (χ0) is 9.54. The Kier molecular flexibility index (Phi) is 49.9. The quantitative estimate of drug-likeness (QED) is 0.358. The molecule has 0 heterocycles. The summed E-state index contributed by atoms with van der Waals surface area (Å²) in [5.74, 6) is 0. The Morgan fingerprint density at radius 2 is 1.45 bits per heavy atom. The van der Waals surface area contributed by atoms with Crippen LogP contribution in [-0.4, -0.2) is 19.9 Å². The minimum atomic E-state index is 0.972. The SMILES string of the molecule is [CH-]=O.[CH2-]CCNCC[CH2-].[Cl][RuH]. The van der Waals surface area contributed by atoms with Gasteiger partial charge in [-0.15, -0.1) is 0 Å². The molecule has 1 N–H and O–H groups in total. The van der Waals surface area contributed by atoms with Crippen molar-refractivity contribution in [2.45, 2.75) is 12.8 Å². The predicted molar refractivity (Wildman–Crippen MR) is 46.8 cm³/mol. The van der Waals surface area contributed by atoms with E-state index in [0.29, 0.717) is 0 Å². The van der Waals surface area contributed by atoms with E-state index < -0.39 is 0 Å². The van der Waals surface area contributed by atoms with E-state index in [0.717, 1.165) is 25.9 Å². The molecule has 0 atom stereocenters. The van der Waals surface area contributed by atoms with Gasteiger partial charge >= 0.3 is 27.0 Å². The summed E-state index contributed by atoms with van der Waals surface area (Å²) in [5.41, 5.74) is 0. The molecule has 0 aliphatic carbocycles. The van der Waals surface area contributed by atoms with E-state index >= 15 is 0 Å². The van der Waals surface area contributed by atoms with E-state index in [-0.39, 0.29) is 0 Å². The molecule has 0 bridgehead atoms. The van der Waals surface area contributed by atoms with Crippen molar-refractivity contribution in [1.82, 2.24) is 5.32 Å². The summed E-state index contributed by atoms with van der Waals surface area (Å²) in [4.78, 5) is 7.75. The van der Waals surface area contributed by atoms with Gasteiger partial charge in [0.15, 0.2) is 0 Å². The number of halogens is 1. The van der Waals surface area contributed by atoms with Crippen molar-refractivity contribution in [3.63, 3.8) is 0 Å². The van der Waals surface area contributed by atoms with Gasteiger partial charge in [0.2, 0.25) is 0 Å². The van der Waals surface area contributed by atoms with Crippen molar-refractivity contribution >= 4 is 16.5 Å². The van der Waals surface area contributed by atoms with Gasteiger partial charge in [-0.25, -0.2) is 0 Å². The molecule has 0 radical (unpaired) electrons. The summed E-state index contributed by atoms with van der Waals surface area (Å²) >= 11 is 1.62. The van der Waals surface area contributed by atoms with Crippen molar-refractivity contribution in [3.05, 3.63) is 13.8 Å². The first-order chi connectivity index (χ1) is 5.41. The zero-order valence-electron chi connectivity index (χ0n) is 6.48. The standard InChI is InChI=1S/C6H13N.CHO.ClH.Ru.H/c1-3-5-7-6-4-2;1-2;;;/h7H,1-6H2;1H;1H;;/q-2;-1;;+1;/p-1. The Balaban J connectivity index is -0.000000138. The fourth-order valence-electron chi connectivity index (χ4n) is 0.375. The summed E-state index contributed by atoms with van der Waals surface area (Å²) in [7, 11) is 4.61. The molecule has 4 heteroatoms. The Bertz CT molecular complexity index is 45.4. The molecular formula is C7H15ClNORu-3. The Labute approximate surface area is 83.8 Å². The van der Waals surface area contributed by atoms with Crippen LogP contribution in [0.3, 0.4) is 0 Å². The molecular weight excluding hydrogens is 251 g/mol. The van der Waals surface area contributed by atoms with Crippen molar-refractivity contribution in [2.24, 2.45) is 0 Å². The Morgan fingerprint density at radius 1 is 1.18 bits per heavy atom. The van der Waals surface area contributed by atoms with Crippen LogP contribution in [0.1, 0.15) is 12.8 Å². The summed E-state index contributed by atoms with van der Waals surface area (Å²) in [5, 5.41) is 3.16. The molecule has 11 heavy (non-hydrogen) atoms. The Morgan fingerprint density at radius 3 is 1.64 bits per heavy atom. The number of carbonyl (C=O) groups excluding carboxylic acids is 1. The number of rotatable bonds is 4. The fourth-order valence-corrected chi connectivity index (χ4v) is 0.375. The predicted octanol–water partition coefficient (Wildman–Crippen LogP) is 1.17. The van der Waals surface area contributed by atoms with Crippen LogP contribution in [0.2, 0.25) is 0 Å². The molecule has 72 valence electrons. The van der Waals surface area contributed by atoms with E-state index in [4.69, 9.17) is 4.79 Å². The molecule has 0 aromatic heterocycles. The number of hydrogen-bond acceptors (Lipinski definition) is 2. The molecule has 0 aromatic carbocycles. The topological polar surface area (TPSA) is 29.1 Å². The van der Waals surface area contributed by atoms with E-state index in [1.165, 1.54) is 0 Å². The van der Waals surface area contributed by atoms with Crippen LogP contribution in [-0.2, 0) is 22.1 Å². The van der Waals surface area contributed by atoms with E-state index in [9.17, 15) is 0 Å². The second-order valence-electron chi connectivity index (χ2n) is 1.46.